The zero-order valence-corrected chi connectivity index (χ0v) is 21.0. The Morgan fingerprint density at radius 2 is 1.76 bits per heavy atom. The molecule has 0 amide bonds. The van der Waals surface area contributed by atoms with Crippen molar-refractivity contribution in [2.75, 3.05) is 36.5 Å². The maximum Gasteiger partial charge on any atom is 0.293 e. The first-order valence-electron chi connectivity index (χ1n) is 12.5. The second kappa shape index (κ2) is 10.1. The van der Waals surface area contributed by atoms with E-state index in [1.54, 1.807) is 24.0 Å². The Balaban J connectivity index is 1.27. The first kappa shape index (κ1) is 23.9. The summed E-state index contributed by atoms with van der Waals surface area (Å²) in [5.74, 6) is -0.434. The number of aromatic nitrogens is 4. The van der Waals surface area contributed by atoms with Crippen LogP contribution < -0.4 is 15.8 Å². The van der Waals surface area contributed by atoms with E-state index >= 15 is 4.39 Å². The molecule has 3 aromatic carbocycles. The van der Waals surface area contributed by atoms with Crippen LogP contribution in [0.2, 0.25) is 0 Å². The minimum absolute atomic E-state index is 0.0708. The second-order valence-electron chi connectivity index (χ2n) is 9.33. The average Bonchev–Trinajstić information content (AvgIpc) is 3.42. The fourth-order valence-electron chi connectivity index (χ4n) is 4.71. The molecule has 0 atom stereocenters. The van der Waals surface area contributed by atoms with E-state index in [2.05, 4.69) is 20.3 Å². The molecule has 0 bridgehead atoms. The standard InChI is InChI=1S/C29H27FN6O2/c1-34-26-16-21(22-17-31-36(19-22)18-20-5-3-2-4-6-20)15-25(30)27(26)33-28(29(34)37)32-23-7-9-24(10-8-23)35-11-13-38-14-12-35/h2-10,15-17,19H,11-14,18H2,1H3,(H,32,33). The van der Waals surface area contributed by atoms with Gasteiger partial charge in [0, 0.05) is 43.3 Å². The quantitative estimate of drug-likeness (QED) is 0.361. The van der Waals surface area contributed by atoms with Crippen LogP contribution in [0, 0.1) is 5.82 Å². The number of nitrogens with zero attached hydrogens (tertiary/aromatic N) is 5. The minimum Gasteiger partial charge on any atom is -0.378 e. The lowest BCUT2D eigenvalue weighted by Crippen LogP contribution is -2.36. The molecule has 0 unspecified atom stereocenters. The van der Waals surface area contributed by atoms with E-state index in [1.165, 1.54) is 10.6 Å². The Morgan fingerprint density at radius 3 is 2.53 bits per heavy atom. The molecule has 0 saturated carbocycles. The van der Waals surface area contributed by atoms with Crippen molar-refractivity contribution >= 4 is 28.2 Å². The smallest absolute Gasteiger partial charge is 0.293 e. The monoisotopic (exact) mass is 510 g/mol. The highest BCUT2D eigenvalue weighted by Gasteiger charge is 2.16. The van der Waals surface area contributed by atoms with E-state index in [4.69, 9.17) is 4.74 Å². The van der Waals surface area contributed by atoms with Crippen LogP contribution in [0.3, 0.4) is 0 Å². The van der Waals surface area contributed by atoms with Crippen molar-refractivity contribution in [1.29, 1.82) is 0 Å². The molecule has 1 aliphatic rings. The summed E-state index contributed by atoms with van der Waals surface area (Å²) in [4.78, 5) is 19.8. The fraction of sp³-hybridized carbons (Fsp3) is 0.207. The molecule has 1 fully saturated rings. The van der Waals surface area contributed by atoms with Gasteiger partial charge < -0.3 is 19.5 Å². The van der Waals surface area contributed by atoms with Gasteiger partial charge in [-0.1, -0.05) is 30.3 Å². The van der Waals surface area contributed by atoms with Crippen molar-refractivity contribution in [3.63, 3.8) is 0 Å². The summed E-state index contributed by atoms with van der Waals surface area (Å²) in [6, 6.07) is 21.0. The summed E-state index contributed by atoms with van der Waals surface area (Å²) < 4.78 is 24.0. The van der Waals surface area contributed by atoms with Gasteiger partial charge in [-0.15, -0.1) is 0 Å². The zero-order valence-electron chi connectivity index (χ0n) is 21.0. The van der Waals surface area contributed by atoms with Crippen molar-refractivity contribution in [3.05, 3.63) is 101 Å². The van der Waals surface area contributed by atoms with Crippen LogP contribution >= 0.6 is 0 Å². The number of anilines is 3. The van der Waals surface area contributed by atoms with Gasteiger partial charge >= 0.3 is 0 Å². The van der Waals surface area contributed by atoms with E-state index in [9.17, 15) is 4.79 Å². The van der Waals surface area contributed by atoms with Crippen LogP contribution in [0.25, 0.3) is 22.2 Å². The third-order valence-electron chi connectivity index (χ3n) is 6.80. The van der Waals surface area contributed by atoms with E-state index in [0.717, 1.165) is 29.9 Å². The van der Waals surface area contributed by atoms with Crippen LogP contribution in [-0.4, -0.2) is 45.6 Å². The third kappa shape index (κ3) is 4.76. The van der Waals surface area contributed by atoms with Crippen LogP contribution in [-0.2, 0) is 18.3 Å². The molecular weight excluding hydrogens is 483 g/mol. The molecule has 5 aromatic rings. The number of benzene rings is 3. The molecule has 1 aliphatic heterocycles. The number of fused-ring (bicyclic) bond motifs is 1. The van der Waals surface area contributed by atoms with Crippen LogP contribution in [0.15, 0.2) is 83.9 Å². The lowest BCUT2D eigenvalue weighted by atomic mass is 10.1. The number of ether oxygens (including phenoxy) is 1. The SMILES string of the molecule is Cn1c(=O)c(Nc2ccc(N3CCOCC3)cc2)nc2c(F)cc(-c3cnn(Cc4ccccc4)c3)cc21. The summed E-state index contributed by atoms with van der Waals surface area (Å²) in [6.45, 7) is 3.71. The summed E-state index contributed by atoms with van der Waals surface area (Å²) in [5.41, 5.74) is 4.49. The Morgan fingerprint density at radius 1 is 1.00 bits per heavy atom. The molecule has 0 radical (unpaired) electrons. The molecule has 8 nitrogen and oxygen atoms in total. The van der Waals surface area contributed by atoms with Gasteiger partial charge in [0.25, 0.3) is 5.56 Å². The number of rotatable bonds is 6. The molecule has 1 N–H and O–H groups in total. The van der Waals surface area contributed by atoms with Gasteiger partial charge in [-0.2, -0.15) is 5.10 Å². The summed E-state index contributed by atoms with van der Waals surface area (Å²) >= 11 is 0. The molecule has 0 spiro atoms. The van der Waals surface area contributed by atoms with Crippen molar-refractivity contribution in [1.82, 2.24) is 19.3 Å². The maximum atomic E-state index is 15.3. The zero-order chi connectivity index (χ0) is 26.1. The molecule has 192 valence electrons. The molecule has 1 saturated heterocycles. The van der Waals surface area contributed by atoms with Crippen LogP contribution in [0.4, 0.5) is 21.6 Å². The van der Waals surface area contributed by atoms with E-state index in [0.29, 0.717) is 36.5 Å². The van der Waals surface area contributed by atoms with E-state index < -0.39 is 5.82 Å². The summed E-state index contributed by atoms with van der Waals surface area (Å²) in [7, 11) is 1.63. The Bertz CT molecular complexity index is 1640. The normalized spacial score (nSPS) is 13.7. The summed E-state index contributed by atoms with van der Waals surface area (Å²) in [5, 5.41) is 7.49. The number of halogens is 1. The van der Waals surface area contributed by atoms with Gasteiger partial charge in [0.15, 0.2) is 11.6 Å². The van der Waals surface area contributed by atoms with Crippen LogP contribution in [0.5, 0.6) is 0 Å². The first-order valence-corrected chi connectivity index (χ1v) is 12.5. The predicted octanol–water partition coefficient (Wildman–Crippen LogP) is 4.56. The number of morpholine rings is 1. The van der Waals surface area contributed by atoms with Crippen molar-refractivity contribution in [2.24, 2.45) is 7.05 Å². The lowest BCUT2D eigenvalue weighted by molar-refractivity contribution is 0.122. The number of hydrogen-bond acceptors (Lipinski definition) is 6. The van der Waals surface area contributed by atoms with E-state index in [-0.39, 0.29) is 16.9 Å². The second-order valence-corrected chi connectivity index (χ2v) is 9.33. The Kier molecular flexibility index (Phi) is 6.35. The van der Waals surface area contributed by atoms with Crippen LogP contribution in [0.1, 0.15) is 5.56 Å². The molecule has 38 heavy (non-hydrogen) atoms. The highest BCUT2D eigenvalue weighted by atomic mass is 19.1. The molecular formula is C29H27FN6O2. The fourth-order valence-corrected chi connectivity index (χ4v) is 4.71. The largest absolute Gasteiger partial charge is 0.378 e. The highest BCUT2D eigenvalue weighted by molar-refractivity contribution is 5.83. The molecule has 6 rings (SSSR count). The minimum atomic E-state index is -0.505. The van der Waals surface area contributed by atoms with Gasteiger partial charge in [-0.3, -0.25) is 9.48 Å². The van der Waals surface area contributed by atoms with Gasteiger partial charge in [0.05, 0.1) is 31.5 Å². The lowest BCUT2D eigenvalue weighted by Gasteiger charge is -2.28. The molecule has 9 heteroatoms. The Hall–Kier alpha value is -4.50. The van der Waals surface area contributed by atoms with Crippen molar-refractivity contribution in [2.45, 2.75) is 6.54 Å². The molecule has 2 aromatic heterocycles. The van der Waals surface area contributed by atoms with Gasteiger partial charge in [0.1, 0.15) is 5.52 Å². The highest BCUT2D eigenvalue weighted by Crippen LogP contribution is 2.27. The van der Waals surface area contributed by atoms with Crippen molar-refractivity contribution < 1.29 is 9.13 Å². The first-order chi connectivity index (χ1) is 18.5. The van der Waals surface area contributed by atoms with Crippen molar-refractivity contribution in [3.8, 4) is 11.1 Å². The number of nitrogens with one attached hydrogen (secondary N) is 1. The average molecular weight is 511 g/mol. The van der Waals surface area contributed by atoms with Gasteiger partial charge in [0.2, 0.25) is 0 Å². The summed E-state index contributed by atoms with van der Waals surface area (Å²) in [6.07, 6.45) is 3.57. The van der Waals surface area contributed by atoms with Gasteiger partial charge in [-0.25, -0.2) is 9.37 Å². The predicted molar refractivity (Wildman–Crippen MR) is 146 cm³/mol. The topological polar surface area (TPSA) is 77.2 Å². The maximum absolute atomic E-state index is 15.3. The van der Waals surface area contributed by atoms with E-state index in [1.807, 2.05) is 60.8 Å². The molecule has 0 aliphatic carbocycles. The molecule has 3 heterocycles. The number of hydrogen-bond donors (Lipinski definition) is 1. The Labute approximate surface area is 218 Å². The van der Waals surface area contributed by atoms with Gasteiger partial charge in [-0.05, 0) is 47.5 Å². The third-order valence-corrected chi connectivity index (χ3v) is 6.80. The number of aryl methyl sites for hydroxylation is 1.